The van der Waals surface area contributed by atoms with Gasteiger partial charge in [-0.15, -0.1) is 46.4 Å². The minimum Gasteiger partial charge on any atom is -0.106 e. The summed E-state index contributed by atoms with van der Waals surface area (Å²) in [6.07, 6.45) is 27.4. The van der Waals surface area contributed by atoms with Gasteiger partial charge in [0.2, 0.25) is 0 Å². The Labute approximate surface area is 444 Å². The lowest BCUT2D eigenvalue weighted by Crippen LogP contribution is -2.46. The topological polar surface area (TPSA) is 0 Å². The lowest BCUT2D eigenvalue weighted by Gasteiger charge is -2.48. The van der Waals surface area contributed by atoms with E-state index in [2.05, 4.69) is 115 Å². The molecular weight excluding hydrogens is 943 g/mol. The van der Waals surface area contributed by atoms with Crippen LogP contribution in [-0.2, 0) is 0 Å². The molecule has 0 aliphatic heterocycles. The molecule has 0 nitrogen and oxygen atoms in total. The Balaban J connectivity index is 0.000000214. The van der Waals surface area contributed by atoms with E-state index in [1.807, 2.05) is 0 Å². The van der Waals surface area contributed by atoms with Crippen LogP contribution in [0.4, 0.5) is 0 Å². The minimum atomic E-state index is -1.31. The van der Waals surface area contributed by atoms with Crippen LogP contribution in [0.2, 0.25) is 48.4 Å². The molecule has 0 radical (unpaired) electrons. The molecule has 2 aromatic rings. The van der Waals surface area contributed by atoms with Gasteiger partial charge in [-0.1, -0.05) is 206 Å². The van der Waals surface area contributed by atoms with Gasteiger partial charge in [-0.25, -0.2) is 0 Å². The average molecular weight is 1050 g/mol. The van der Waals surface area contributed by atoms with E-state index in [1.54, 1.807) is 63.5 Å². The molecule has 18 atom stereocenters. The van der Waals surface area contributed by atoms with Crippen molar-refractivity contribution in [2.24, 2.45) is 71.0 Å². The highest BCUT2D eigenvalue weighted by molar-refractivity contribution is 6.81. The van der Waals surface area contributed by atoms with E-state index in [1.165, 1.54) is 77.0 Å². The van der Waals surface area contributed by atoms with Crippen LogP contribution in [0.3, 0.4) is 0 Å². The fraction of sp³-hybridized carbons (Fsp3) is 0.806. The molecule has 0 heterocycles. The molecule has 0 saturated heterocycles. The van der Waals surface area contributed by atoms with Crippen molar-refractivity contribution in [3.05, 3.63) is 71.8 Å². The van der Waals surface area contributed by atoms with Gasteiger partial charge in [0.25, 0.3) is 0 Å². The van der Waals surface area contributed by atoms with Crippen molar-refractivity contribution in [2.45, 2.75) is 242 Å². The molecule has 388 valence electrons. The van der Waals surface area contributed by atoms with Crippen molar-refractivity contribution in [3.63, 3.8) is 0 Å². The second kappa shape index (κ2) is 26.0. The largest absolute Gasteiger partial charge is 0.106 e. The summed E-state index contributed by atoms with van der Waals surface area (Å²) >= 11 is 20.2. The van der Waals surface area contributed by atoms with Gasteiger partial charge >= 0.3 is 0 Å². The molecule has 6 heteroatoms. The summed E-state index contributed by atoms with van der Waals surface area (Å²) in [5.41, 5.74) is 7.67. The van der Waals surface area contributed by atoms with Crippen LogP contribution in [0, 0.1) is 71.0 Å². The molecule has 8 aliphatic carbocycles. The zero-order valence-electron chi connectivity index (χ0n) is 43.6. The Bertz CT molecular complexity index is 1620. The second-order valence-corrected chi connectivity index (χ2v) is 38.6. The van der Waals surface area contributed by atoms with E-state index < -0.39 is 16.1 Å². The zero-order valence-corrected chi connectivity index (χ0v) is 48.6. The summed E-state index contributed by atoms with van der Waals surface area (Å²) in [7, 11) is -2.62. The van der Waals surface area contributed by atoms with Gasteiger partial charge in [0.15, 0.2) is 0 Å². The fourth-order valence-corrected chi connectivity index (χ4v) is 33.5. The predicted molar refractivity (Wildman–Crippen MR) is 312 cm³/mol. The van der Waals surface area contributed by atoms with Crippen LogP contribution in [0.1, 0.15) is 195 Å². The molecule has 0 aromatic heterocycles. The number of benzene rings is 2. The maximum Gasteiger partial charge on any atom is 0.105 e. The summed E-state index contributed by atoms with van der Waals surface area (Å²) in [4.78, 5) is -0.444. The van der Waals surface area contributed by atoms with Crippen molar-refractivity contribution >= 4 is 62.6 Å². The monoisotopic (exact) mass is 1040 g/mol. The lowest BCUT2D eigenvalue weighted by atomic mass is 9.71. The molecule has 8 saturated carbocycles. The summed E-state index contributed by atoms with van der Waals surface area (Å²) < 4.78 is 0. The highest BCUT2D eigenvalue weighted by Gasteiger charge is 2.60. The summed E-state index contributed by atoms with van der Waals surface area (Å²) in [6, 6.07) is 23.2. The smallest absolute Gasteiger partial charge is 0.105 e. The molecule has 0 N–H and O–H groups in total. The van der Waals surface area contributed by atoms with Crippen molar-refractivity contribution in [1.29, 1.82) is 0 Å². The number of hydrogen-bond donors (Lipinski definition) is 0. The molecule has 0 amide bonds. The molecule has 0 bridgehead atoms. The van der Waals surface area contributed by atoms with Gasteiger partial charge in [-0.05, 0) is 169 Å². The molecule has 10 rings (SSSR count). The lowest BCUT2D eigenvalue weighted by molar-refractivity contribution is 0.233. The van der Waals surface area contributed by atoms with Crippen LogP contribution < -0.4 is 0 Å². The molecular formula is C62H104Cl4Si2. The summed E-state index contributed by atoms with van der Waals surface area (Å²) in [5, 5.41) is 0. The van der Waals surface area contributed by atoms with Gasteiger partial charge in [-0.2, -0.15) is 0 Å². The number of alkyl halides is 4. The van der Waals surface area contributed by atoms with E-state index in [4.69, 9.17) is 46.4 Å². The van der Waals surface area contributed by atoms with Crippen LogP contribution in [-0.4, -0.2) is 25.8 Å². The Kier molecular flexibility index (Phi) is 22.5. The van der Waals surface area contributed by atoms with Crippen molar-refractivity contribution in [1.82, 2.24) is 0 Å². The summed E-state index contributed by atoms with van der Waals surface area (Å²) in [6.45, 7) is 25.5. The highest BCUT2D eigenvalue weighted by Crippen LogP contribution is 2.68. The highest BCUT2D eigenvalue weighted by atomic mass is 35.5. The van der Waals surface area contributed by atoms with Crippen LogP contribution in [0.15, 0.2) is 60.7 Å². The predicted octanol–water partition coefficient (Wildman–Crippen LogP) is 21.9. The number of rotatable bonds is 6. The Morgan fingerprint density at radius 2 is 0.662 bits per heavy atom. The van der Waals surface area contributed by atoms with E-state index in [0.717, 1.165) is 105 Å². The molecule has 0 spiro atoms. The number of fused-ring (bicyclic) bond motifs is 4. The standard InChI is InChI=1S/2C28H44Si.2C2H4Cl2.2CH4/c2*1-19-17-22-13-8-9-14-24(22)27(19)29(3,4)28-20(2)18-26-23(15-10-16-25(26)28)21-11-6-5-7-12-21;2*1-2(3)4;;/h2*5-7,11-12,19-20,22-28H,8-10,13-18H2,1-4H3;2*2H,1H3;2*1H4. The third-order valence-corrected chi connectivity index (χ3v) is 31.9. The van der Waals surface area contributed by atoms with Crippen LogP contribution in [0.5, 0.6) is 0 Å². The fourth-order valence-electron chi connectivity index (χ4n) is 20.1. The van der Waals surface area contributed by atoms with Crippen LogP contribution >= 0.6 is 46.4 Å². The second-order valence-electron chi connectivity index (χ2n) is 25.6. The van der Waals surface area contributed by atoms with Crippen LogP contribution in [0.25, 0.3) is 0 Å². The first-order valence-corrected chi connectivity index (χ1v) is 36.1. The molecule has 8 aliphatic rings. The quantitative estimate of drug-likeness (QED) is 0.200. The maximum atomic E-state index is 5.04. The van der Waals surface area contributed by atoms with E-state index in [0.29, 0.717) is 0 Å². The van der Waals surface area contributed by atoms with Gasteiger partial charge in [0.1, 0.15) is 9.67 Å². The van der Waals surface area contributed by atoms with Gasteiger partial charge in [-0.3, -0.25) is 0 Å². The number of hydrogen-bond acceptors (Lipinski definition) is 0. The van der Waals surface area contributed by atoms with E-state index >= 15 is 0 Å². The molecule has 8 fully saturated rings. The minimum absolute atomic E-state index is 0. The normalized spacial score (nSPS) is 39.5. The first-order valence-electron chi connectivity index (χ1n) is 28.1. The van der Waals surface area contributed by atoms with Gasteiger partial charge in [0.05, 0.1) is 16.1 Å². The first kappa shape index (κ1) is 58.9. The Morgan fingerprint density at radius 1 is 0.382 bits per heavy atom. The molecule has 2 aromatic carbocycles. The molecule has 68 heavy (non-hydrogen) atoms. The zero-order chi connectivity index (χ0) is 47.5. The first-order chi connectivity index (χ1) is 31.4. The van der Waals surface area contributed by atoms with E-state index in [9.17, 15) is 0 Å². The van der Waals surface area contributed by atoms with Gasteiger partial charge in [0, 0.05) is 0 Å². The average Bonchev–Trinajstić information content (AvgIpc) is 4.02. The van der Waals surface area contributed by atoms with Crippen molar-refractivity contribution in [2.75, 3.05) is 0 Å². The third kappa shape index (κ3) is 13.1. The SMILES string of the molecule is C.C.CC(Cl)Cl.CC(Cl)Cl.CC1CC2CCCCC2C1[Si](C)(C)C1C(C)CC2C(c3ccccc3)CCCC21.CC1CC2CCCCC2C1[Si](C)(C)C1C(C)CC2C(c3ccccc3)CCCC21. The van der Waals surface area contributed by atoms with Gasteiger partial charge < -0.3 is 0 Å². The number of halogens is 4. The summed E-state index contributed by atoms with van der Waals surface area (Å²) in [5.74, 6) is 14.0. The Hall–Kier alpha value is 0.0338. The maximum absolute atomic E-state index is 5.04. The Morgan fingerprint density at radius 3 is 1.00 bits per heavy atom. The third-order valence-electron chi connectivity index (χ3n) is 21.0. The molecule has 18 unspecified atom stereocenters. The van der Waals surface area contributed by atoms with Crippen molar-refractivity contribution < 1.29 is 0 Å². The van der Waals surface area contributed by atoms with Crippen molar-refractivity contribution in [3.8, 4) is 0 Å². The van der Waals surface area contributed by atoms with E-state index in [-0.39, 0.29) is 24.5 Å².